The maximum Gasteiger partial charge on any atom is 0.0541 e. The number of unbranched alkanes of at least 4 members (excludes halogenated alkanes) is 6. The van der Waals surface area contributed by atoms with Crippen molar-refractivity contribution in [2.45, 2.75) is 69.2 Å². The van der Waals surface area contributed by atoms with Crippen LogP contribution < -0.4 is 11.3 Å². The second-order valence-electron chi connectivity index (χ2n) is 5.52. The highest BCUT2D eigenvalue weighted by atomic mass is 35.5. The van der Waals surface area contributed by atoms with Gasteiger partial charge in [-0.25, -0.2) is 0 Å². The smallest absolute Gasteiger partial charge is 0.0541 e. The van der Waals surface area contributed by atoms with Gasteiger partial charge in [0.2, 0.25) is 0 Å². The number of hydrazine groups is 1. The van der Waals surface area contributed by atoms with E-state index in [1.807, 2.05) is 18.2 Å². The van der Waals surface area contributed by atoms with Crippen LogP contribution in [0.4, 0.5) is 0 Å². The predicted octanol–water partition coefficient (Wildman–Crippen LogP) is 5.40. The first-order valence-electron chi connectivity index (χ1n) is 8.11. The van der Waals surface area contributed by atoms with E-state index in [4.69, 9.17) is 17.4 Å². The van der Waals surface area contributed by atoms with Crippen molar-refractivity contribution in [1.82, 2.24) is 5.43 Å². The summed E-state index contributed by atoms with van der Waals surface area (Å²) in [6, 6.07) is 8.35. The Morgan fingerprint density at radius 3 is 2.43 bits per heavy atom. The normalized spacial score (nSPS) is 12.5. The molecular formula is C17H29ClN2S. The Morgan fingerprint density at radius 2 is 1.76 bits per heavy atom. The van der Waals surface area contributed by atoms with Crippen molar-refractivity contribution in [2.24, 2.45) is 5.84 Å². The van der Waals surface area contributed by atoms with Crippen molar-refractivity contribution >= 4 is 23.4 Å². The van der Waals surface area contributed by atoms with Gasteiger partial charge in [0, 0.05) is 16.7 Å². The molecule has 3 N–H and O–H groups in total. The maximum atomic E-state index is 6.17. The lowest BCUT2D eigenvalue weighted by atomic mass is 10.1. The summed E-state index contributed by atoms with van der Waals surface area (Å²) in [7, 11) is 0. The van der Waals surface area contributed by atoms with E-state index in [0.29, 0.717) is 6.04 Å². The van der Waals surface area contributed by atoms with Crippen molar-refractivity contribution in [3.63, 3.8) is 0 Å². The molecule has 0 aliphatic rings. The lowest BCUT2D eigenvalue weighted by molar-refractivity contribution is 0.492. The Bertz CT molecular complexity index is 374. The second-order valence-corrected chi connectivity index (χ2v) is 6.98. The van der Waals surface area contributed by atoms with Crippen molar-refractivity contribution in [3.05, 3.63) is 29.3 Å². The lowest BCUT2D eigenvalue weighted by Crippen LogP contribution is -2.36. The average molecular weight is 329 g/mol. The van der Waals surface area contributed by atoms with Crippen molar-refractivity contribution in [1.29, 1.82) is 0 Å². The van der Waals surface area contributed by atoms with Gasteiger partial charge in [0.05, 0.1) is 5.02 Å². The summed E-state index contributed by atoms with van der Waals surface area (Å²) in [5.74, 6) is 6.63. The molecule has 0 fully saturated rings. The average Bonchev–Trinajstić information content (AvgIpc) is 2.51. The molecule has 2 nitrogen and oxygen atoms in total. The summed E-state index contributed by atoms with van der Waals surface area (Å²) in [5.41, 5.74) is 2.94. The number of nitrogens with two attached hydrogens (primary N) is 1. The highest BCUT2D eigenvalue weighted by Gasteiger charge is 2.08. The molecule has 4 heteroatoms. The number of rotatable bonds is 12. The van der Waals surface area contributed by atoms with Crippen LogP contribution in [0.5, 0.6) is 0 Å². The van der Waals surface area contributed by atoms with Crippen LogP contribution in [0, 0.1) is 0 Å². The molecule has 1 unspecified atom stereocenters. The van der Waals surface area contributed by atoms with E-state index in [9.17, 15) is 0 Å². The van der Waals surface area contributed by atoms with E-state index in [1.165, 1.54) is 44.9 Å². The minimum Gasteiger partial charge on any atom is -0.271 e. The molecule has 0 saturated carbocycles. The van der Waals surface area contributed by atoms with Crippen molar-refractivity contribution in [3.8, 4) is 0 Å². The van der Waals surface area contributed by atoms with Crippen LogP contribution in [-0.2, 0) is 0 Å². The van der Waals surface area contributed by atoms with Crippen LogP contribution in [-0.4, -0.2) is 11.8 Å². The van der Waals surface area contributed by atoms with Gasteiger partial charge >= 0.3 is 0 Å². The van der Waals surface area contributed by atoms with Gasteiger partial charge in [0.1, 0.15) is 0 Å². The topological polar surface area (TPSA) is 38.0 Å². The maximum absolute atomic E-state index is 6.17. The van der Waals surface area contributed by atoms with Gasteiger partial charge in [0.25, 0.3) is 0 Å². The van der Waals surface area contributed by atoms with Gasteiger partial charge in [-0.15, -0.1) is 11.8 Å². The van der Waals surface area contributed by atoms with E-state index in [1.54, 1.807) is 11.8 Å². The van der Waals surface area contributed by atoms with Crippen molar-refractivity contribution in [2.75, 3.05) is 5.75 Å². The van der Waals surface area contributed by atoms with E-state index >= 15 is 0 Å². The SMILES string of the molecule is CCCCCCCCCC(CSc1ccccc1Cl)NN. The van der Waals surface area contributed by atoms with Crippen LogP contribution >= 0.6 is 23.4 Å². The monoisotopic (exact) mass is 328 g/mol. The molecule has 1 atom stereocenters. The summed E-state index contributed by atoms with van der Waals surface area (Å²) in [5, 5.41) is 0.828. The quantitative estimate of drug-likeness (QED) is 0.233. The van der Waals surface area contributed by atoms with E-state index in [2.05, 4.69) is 18.4 Å². The molecule has 0 aromatic heterocycles. The summed E-state index contributed by atoms with van der Waals surface area (Å²) >= 11 is 7.95. The van der Waals surface area contributed by atoms with Crippen LogP contribution in [0.2, 0.25) is 5.02 Å². The molecule has 21 heavy (non-hydrogen) atoms. The Balaban J connectivity index is 2.13. The molecule has 0 aliphatic heterocycles. The third-order valence-electron chi connectivity index (χ3n) is 3.67. The van der Waals surface area contributed by atoms with Gasteiger partial charge in [-0.2, -0.15) is 0 Å². The van der Waals surface area contributed by atoms with Gasteiger partial charge in [-0.05, 0) is 18.6 Å². The highest BCUT2D eigenvalue weighted by Crippen LogP contribution is 2.27. The zero-order valence-electron chi connectivity index (χ0n) is 13.1. The highest BCUT2D eigenvalue weighted by molar-refractivity contribution is 7.99. The zero-order valence-corrected chi connectivity index (χ0v) is 14.7. The number of hydrogen-bond acceptors (Lipinski definition) is 3. The lowest BCUT2D eigenvalue weighted by Gasteiger charge is -2.15. The molecule has 0 amide bonds. The first kappa shape index (κ1) is 18.8. The van der Waals surface area contributed by atoms with E-state index in [0.717, 1.165) is 22.1 Å². The summed E-state index contributed by atoms with van der Waals surface area (Å²) in [4.78, 5) is 1.14. The fourth-order valence-corrected chi connectivity index (χ4v) is 3.64. The molecule has 1 rings (SSSR count). The number of halogens is 1. The Labute approximate surface area is 139 Å². The first-order chi connectivity index (χ1) is 10.3. The Morgan fingerprint density at radius 1 is 1.10 bits per heavy atom. The van der Waals surface area contributed by atoms with Crippen molar-refractivity contribution < 1.29 is 0 Å². The molecule has 0 heterocycles. The van der Waals surface area contributed by atoms with Gasteiger partial charge in [0.15, 0.2) is 0 Å². The number of thioether (sulfide) groups is 1. The molecule has 1 aromatic rings. The molecule has 0 bridgehead atoms. The third kappa shape index (κ3) is 8.72. The van der Waals surface area contributed by atoms with Crippen LogP contribution in [0.15, 0.2) is 29.2 Å². The summed E-state index contributed by atoms with van der Waals surface area (Å²) in [6.07, 6.45) is 10.5. The van der Waals surface area contributed by atoms with Crippen LogP contribution in [0.3, 0.4) is 0 Å². The molecule has 0 radical (unpaired) electrons. The fraction of sp³-hybridized carbons (Fsp3) is 0.647. The van der Waals surface area contributed by atoms with E-state index in [-0.39, 0.29) is 0 Å². The van der Waals surface area contributed by atoms with Gasteiger partial charge in [-0.1, -0.05) is 75.6 Å². The number of benzene rings is 1. The Hall–Kier alpha value is -0.220. The molecule has 0 spiro atoms. The second kappa shape index (κ2) is 12.3. The third-order valence-corrected chi connectivity index (χ3v) is 5.35. The van der Waals surface area contributed by atoms with Gasteiger partial charge in [-0.3, -0.25) is 11.3 Å². The van der Waals surface area contributed by atoms with Crippen LogP contribution in [0.25, 0.3) is 0 Å². The minimum atomic E-state index is 0.363. The molecule has 120 valence electrons. The number of hydrogen-bond donors (Lipinski definition) is 2. The molecule has 0 saturated heterocycles. The summed E-state index contributed by atoms with van der Waals surface area (Å²) in [6.45, 7) is 2.26. The van der Waals surface area contributed by atoms with E-state index < -0.39 is 0 Å². The first-order valence-corrected chi connectivity index (χ1v) is 9.47. The number of nitrogens with one attached hydrogen (secondary N) is 1. The molecule has 0 aliphatic carbocycles. The predicted molar refractivity (Wildman–Crippen MR) is 95.9 cm³/mol. The largest absolute Gasteiger partial charge is 0.271 e. The minimum absolute atomic E-state index is 0.363. The van der Waals surface area contributed by atoms with Gasteiger partial charge < -0.3 is 0 Å². The standard InChI is InChI=1S/C17H29ClN2S/c1-2-3-4-5-6-7-8-11-15(20-19)14-21-17-13-10-9-12-16(17)18/h9-10,12-13,15,20H,2-8,11,14,19H2,1H3. The van der Waals surface area contributed by atoms with Crippen LogP contribution in [0.1, 0.15) is 58.3 Å². The zero-order chi connectivity index (χ0) is 15.3. The molecule has 1 aromatic carbocycles. The molecular weight excluding hydrogens is 300 g/mol. The fourth-order valence-electron chi connectivity index (χ4n) is 2.31. The summed E-state index contributed by atoms with van der Waals surface area (Å²) < 4.78 is 0. The Kier molecular flexibility index (Phi) is 11.1.